The number of carbonyl (C=O) groups is 1. The lowest BCUT2D eigenvalue weighted by molar-refractivity contribution is -0.136. The first-order valence-electron chi connectivity index (χ1n) is 4.34. The molecule has 0 aromatic rings. The highest BCUT2D eigenvalue weighted by molar-refractivity contribution is 8.76. The lowest BCUT2D eigenvalue weighted by Crippen LogP contribution is -1.94. The van der Waals surface area contributed by atoms with E-state index in [1.54, 1.807) is 21.6 Å². The zero-order valence-electron chi connectivity index (χ0n) is 7.57. The molecule has 13 heavy (non-hydrogen) atoms. The van der Waals surface area contributed by atoms with Gasteiger partial charge in [-0.15, -0.1) is 0 Å². The van der Waals surface area contributed by atoms with Crippen molar-refractivity contribution in [2.24, 2.45) is 0 Å². The van der Waals surface area contributed by atoms with Gasteiger partial charge in [0.1, 0.15) is 0 Å². The first kappa shape index (κ1) is 13.1. The molecule has 0 saturated heterocycles. The van der Waals surface area contributed by atoms with E-state index in [1.165, 1.54) is 0 Å². The Balaban J connectivity index is 2.87. The molecule has 0 amide bonds. The second kappa shape index (κ2) is 10.2. The predicted octanol–water partition coefficient (Wildman–Crippen LogP) is 2.01. The number of aliphatic hydroxyl groups is 1. The Morgan fingerprint density at radius 3 is 2.38 bits per heavy atom. The summed E-state index contributed by atoms with van der Waals surface area (Å²) in [5, 5.41) is 16.8. The van der Waals surface area contributed by atoms with E-state index in [9.17, 15) is 4.79 Å². The van der Waals surface area contributed by atoms with Gasteiger partial charge in [-0.05, 0) is 12.8 Å². The zero-order valence-corrected chi connectivity index (χ0v) is 9.20. The van der Waals surface area contributed by atoms with Crippen molar-refractivity contribution in [3.8, 4) is 0 Å². The second-order valence-corrected chi connectivity index (χ2v) is 5.27. The topological polar surface area (TPSA) is 57.5 Å². The molecular weight excluding hydrogens is 208 g/mol. The Labute approximate surface area is 86.7 Å². The fourth-order valence-corrected chi connectivity index (χ4v) is 2.82. The first-order chi connectivity index (χ1) is 6.27. The van der Waals surface area contributed by atoms with Crippen molar-refractivity contribution < 1.29 is 15.0 Å². The molecule has 0 aromatic heterocycles. The van der Waals surface area contributed by atoms with E-state index in [0.717, 1.165) is 25.0 Å². The molecule has 0 unspecified atom stereocenters. The summed E-state index contributed by atoms with van der Waals surface area (Å²) in [4.78, 5) is 10.1. The van der Waals surface area contributed by atoms with E-state index in [0.29, 0.717) is 5.75 Å². The minimum absolute atomic E-state index is 0.244. The summed E-state index contributed by atoms with van der Waals surface area (Å²) in [6, 6.07) is 0. The minimum atomic E-state index is -0.728. The van der Waals surface area contributed by atoms with Crippen LogP contribution in [0.2, 0.25) is 0 Å². The van der Waals surface area contributed by atoms with Crippen molar-refractivity contribution in [3.63, 3.8) is 0 Å². The summed E-state index contributed by atoms with van der Waals surface area (Å²) in [6.07, 6.45) is 3.28. The summed E-state index contributed by atoms with van der Waals surface area (Å²) < 4.78 is 0. The van der Waals surface area contributed by atoms with Crippen LogP contribution in [0.15, 0.2) is 0 Å². The van der Waals surface area contributed by atoms with Crippen LogP contribution in [0.3, 0.4) is 0 Å². The van der Waals surface area contributed by atoms with Crippen molar-refractivity contribution in [2.75, 3.05) is 18.1 Å². The third-order valence-electron chi connectivity index (χ3n) is 1.37. The molecule has 2 N–H and O–H groups in total. The maximum atomic E-state index is 10.1. The highest BCUT2D eigenvalue weighted by atomic mass is 33.1. The van der Waals surface area contributed by atoms with Crippen LogP contribution in [0.25, 0.3) is 0 Å². The first-order valence-corrected chi connectivity index (χ1v) is 6.83. The molecule has 0 heterocycles. The molecule has 0 radical (unpaired) electrons. The quantitative estimate of drug-likeness (QED) is 0.463. The van der Waals surface area contributed by atoms with Gasteiger partial charge in [-0.1, -0.05) is 28.0 Å². The fraction of sp³-hybridized carbons (Fsp3) is 0.875. The Kier molecular flexibility index (Phi) is 10.3. The average Bonchev–Trinajstić information content (AvgIpc) is 2.09. The third kappa shape index (κ3) is 12.1. The number of aliphatic hydroxyl groups excluding tert-OH is 1. The van der Waals surface area contributed by atoms with E-state index in [1.807, 2.05) is 0 Å². The minimum Gasteiger partial charge on any atom is -0.481 e. The van der Waals surface area contributed by atoms with E-state index in [4.69, 9.17) is 10.2 Å². The summed E-state index contributed by atoms with van der Waals surface area (Å²) in [6.45, 7) is 0.275. The van der Waals surface area contributed by atoms with Gasteiger partial charge in [0, 0.05) is 18.1 Å². The molecule has 0 atom stereocenters. The molecule has 0 spiro atoms. The van der Waals surface area contributed by atoms with Crippen molar-refractivity contribution in [1.29, 1.82) is 0 Å². The Morgan fingerprint density at radius 2 is 1.77 bits per heavy atom. The summed E-state index contributed by atoms with van der Waals surface area (Å²) >= 11 is 0. The van der Waals surface area contributed by atoms with Crippen LogP contribution in [-0.2, 0) is 4.79 Å². The van der Waals surface area contributed by atoms with Crippen LogP contribution in [-0.4, -0.2) is 34.3 Å². The van der Waals surface area contributed by atoms with Crippen LogP contribution in [0, 0.1) is 0 Å². The molecule has 0 fully saturated rings. The number of carboxylic acid groups (broad SMARTS) is 1. The molecule has 0 aliphatic carbocycles. The van der Waals surface area contributed by atoms with Gasteiger partial charge < -0.3 is 10.2 Å². The molecule has 0 aromatic carbocycles. The Bertz CT molecular complexity index is 131. The van der Waals surface area contributed by atoms with Crippen molar-refractivity contribution >= 4 is 27.6 Å². The van der Waals surface area contributed by atoms with Crippen LogP contribution >= 0.6 is 21.6 Å². The van der Waals surface area contributed by atoms with Gasteiger partial charge in [0.05, 0.1) is 6.42 Å². The van der Waals surface area contributed by atoms with Crippen LogP contribution in [0.1, 0.15) is 25.7 Å². The highest BCUT2D eigenvalue weighted by Crippen LogP contribution is 2.23. The van der Waals surface area contributed by atoms with Crippen molar-refractivity contribution in [3.05, 3.63) is 0 Å². The normalized spacial score (nSPS) is 10.2. The Morgan fingerprint density at radius 1 is 1.08 bits per heavy atom. The van der Waals surface area contributed by atoms with Gasteiger partial charge in [-0.25, -0.2) is 0 Å². The van der Waals surface area contributed by atoms with Crippen LogP contribution < -0.4 is 0 Å². The van der Waals surface area contributed by atoms with E-state index < -0.39 is 5.97 Å². The van der Waals surface area contributed by atoms with Gasteiger partial charge in [-0.3, -0.25) is 4.79 Å². The zero-order chi connectivity index (χ0) is 9.94. The largest absolute Gasteiger partial charge is 0.481 e. The predicted molar refractivity (Wildman–Crippen MR) is 58.1 cm³/mol. The van der Waals surface area contributed by atoms with Gasteiger partial charge in [0.2, 0.25) is 0 Å². The monoisotopic (exact) mass is 224 g/mol. The molecule has 0 aliphatic rings. The number of hydrogen-bond acceptors (Lipinski definition) is 4. The molecule has 0 saturated carbocycles. The fourth-order valence-electron chi connectivity index (χ4n) is 0.696. The average molecular weight is 224 g/mol. The van der Waals surface area contributed by atoms with Crippen LogP contribution in [0.5, 0.6) is 0 Å². The summed E-state index contributed by atoms with van der Waals surface area (Å²) in [7, 11) is 3.33. The third-order valence-corrected chi connectivity index (χ3v) is 3.86. The van der Waals surface area contributed by atoms with E-state index >= 15 is 0 Å². The molecule has 0 rings (SSSR count). The molecule has 3 nitrogen and oxygen atoms in total. The lowest BCUT2D eigenvalue weighted by Gasteiger charge is -1.98. The maximum Gasteiger partial charge on any atom is 0.304 e. The van der Waals surface area contributed by atoms with E-state index in [2.05, 4.69) is 0 Å². The molecular formula is C8H16O3S2. The van der Waals surface area contributed by atoms with E-state index in [-0.39, 0.29) is 13.0 Å². The van der Waals surface area contributed by atoms with Gasteiger partial charge in [0.25, 0.3) is 0 Å². The van der Waals surface area contributed by atoms with Crippen molar-refractivity contribution in [2.45, 2.75) is 25.7 Å². The van der Waals surface area contributed by atoms with Gasteiger partial charge in [-0.2, -0.15) is 0 Å². The molecule has 0 bridgehead atoms. The number of aliphatic carboxylic acids is 1. The van der Waals surface area contributed by atoms with Crippen LogP contribution in [0.4, 0.5) is 0 Å². The number of rotatable bonds is 9. The van der Waals surface area contributed by atoms with Crippen molar-refractivity contribution in [1.82, 2.24) is 0 Å². The van der Waals surface area contributed by atoms with Gasteiger partial charge >= 0.3 is 5.97 Å². The summed E-state index contributed by atoms with van der Waals surface area (Å²) in [5.41, 5.74) is 0. The number of unbranched alkanes of at least 4 members (excludes halogenated alkanes) is 2. The second-order valence-electron chi connectivity index (χ2n) is 2.57. The summed E-state index contributed by atoms with van der Waals surface area (Å²) in [5.74, 6) is 0.998. The standard InChI is InChI=1S/C8H16O3S2/c9-5-2-1-3-6-12-13-7-4-8(10)11/h9H,1-7H2,(H,10,11). The number of hydrogen-bond donors (Lipinski definition) is 2. The molecule has 0 aliphatic heterocycles. The Hall–Kier alpha value is 0.130. The SMILES string of the molecule is O=C(O)CCSSCCCCCO. The smallest absolute Gasteiger partial charge is 0.304 e. The van der Waals surface area contributed by atoms with Gasteiger partial charge in [0.15, 0.2) is 0 Å². The molecule has 78 valence electrons. The number of carboxylic acids is 1. The maximum absolute atomic E-state index is 10.1. The highest BCUT2D eigenvalue weighted by Gasteiger charge is 1.96. The molecule has 5 heteroatoms. The lowest BCUT2D eigenvalue weighted by atomic mass is 10.3.